The first kappa shape index (κ1) is 12.9. The highest BCUT2D eigenvalue weighted by atomic mass is 16.5. The Morgan fingerprint density at radius 3 is 2.79 bits per heavy atom. The molecule has 0 amide bonds. The average Bonchev–Trinajstić information content (AvgIpc) is 2.85. The molecule has 1 heterocycles. The molecule has 0 aliphatic heterocycles. The molecule has 0 bridgehead atoms. The number of rotatable bonds is 5. The minimum Gasteiger partial charge on any atom is -0.497 e. The molecule has 0 atom stereocenters. The van der Waals surface area contributed by atoms with E-state index in [0.29, 0.717) is 28.7 Å². The van der Waals surface area contributed by atoms with E-state index in [4.69, 9.17) is 14.6 Å². The number of carbonyl (C=O) groups is 1. The van der Waals surface area contributed by atoms with Crippen molar-refractivity contribution in [2.75, 3.05) is 14.2 Å². The Labute approximate surface area is 109 Å². The van der Waals surface area contributed by atoms with Crippen molar-refractivity contribution in [1.29, 1.82) is 0 Å². The van der Waals surface area contributed by atoms with Gasteiger partial charge in [-0.15, -0.1) is 0 Å². The summed E-state index contributed by atoms with van der Waals surface area (Å²) in [6.45, 7) is 0. The number of carboxylic acid groups (broad SMARTS) is 1. The van der Waals surface area contributed by atoms with Crippen molar-refractivity contribution in [3.63, 3.8) is 0 Å². The summed E-state index contributed by atoms with van der Waals surface area (Å²) in [4.78, 5) is 14.7. The Bertz CT molecular complexity index is 594. The van der Waals surface area contributed by atoms with Gasteiger partial charge in [0.05, 0.1) is 19.8 Å². The minimum absolute atomic E-state index is 0.203. The maximum atomic E-state index is 10.6. The quantitative estimate of drug-likeness (QED) is 0.838. The van der Waals surface area contributed by atoms with Crippen LogP contribution in [-0.4, -0.2) is 40.5 Å². The third-order valence-electron chi connectivity index (χ3n) is 2.50. The molecular weight excluding hydrogens is 250 g/mol. The van der Waals surface area contributed by atoms with Crippen LogP contribution < -0.4 is 9.47 Å². The van der Waals surface area contributed by atoms with Crippen molar-refractivity contribution in [2.45, 2.75) is 6.42 Å². The largest absolute Gasteiger partial charge is 0.497 e. The van der Waals surface area contributed by atoms with Crippen LogP contribution in [0.25, 0.3) is 11.4 Å². The minimum atomic E-state index is -0.968. The van der Waals surface area contributed by atoms with Crippen LogP contribution in [0.5, 0.6) is 11.5 Å². The number of ether oxygens (including phenoxy) is 2. The number of methoxy groups -OCH3 is 2. The first-order valence-corrected chi connectivity index (χ1v) is 5.49. The fourth-order valence-electron chi connectivity index (χ4n) is 1.62. The van der Waals surface area contributed by atoms with Crippen LogP contribution >= 0.6 is 0 Å². The second kappa shape index (κ2) is 5.38. The van der Waals surface area contributed by atoms with Crippen molar-refractivity contribution in [3.05, 3.63) is 24.0 Å². The summed E-state index contributed by atoms with van der Waals surface area (Å²) in [6.07, 6.45) is -0.203. The van der Waals surface area contributed by atoms with Crippen LogP contribution in [0, 0.1) is 0 Å². The topological polar surface area (TPSA) is 97.3 Å². The summed E-state index contributed by atoms with van der Waals surface area (Å²) in [5.41, 5.74) is 0.663. The lowest BCUT2D eigenvalue weighted by atomic mass is 10.2. The summed E-state index contributed by atoms with van der Waals surface area (Å²) in [5, 5.41) is 15.3. The monoisotopic (exact) mass is 263 g/mol. The van der Waals surface area contributed by atoms with Gasteiger partial charge >= 0.3 is 5.97 Å². The van der Waals surface area contributed by atoms with Crippen LogP contribution in [0.3, 0.4) is 0 Å². The number of hydrogen-bond donors (Lipinski definition) is 2. The molecule has 1 aromatic carbocycles. The van der Waals surface area contributed by atoms with Crippen LogP contribution in [0.15, 0.2) is 18.2 Å². The molecule has 0 aliphatic carbocycles. The molecule has 0 spiro atoms. The maximum absolute atomic E-state index is 10.6. The molecule has 2 aromatic rings. The van der Waals surface area contributed by atoms with E-state index in [1.807, 2.05) is 0 Å². The molecule has 0 saturated heterocycles. The number of carboxylic acids is 1. The zero-order chi connectivity index (χ0) is 13.8. The van der Waals surface area contributed by atoms with Crippen molar-refractivity contribution in [2.24, 2.45) is 0 Å². The van der Waals surface area contributed by atoms with E-state index in [2.05, 4.69) is 15.2 Å². The van der Waals surface area contributed by atoms with E-state index in [1.54, 1.807) is 25.3 Å². The van der Waals surface area contributed by atoms with Gasteiger partial charge in [0.15, 0.2) is 5.82 Å². The van der Waals surface area contributed by atoms with E-state index in [1.165, 1.54) is 7.11 Å². The number of aromatic nitrogens is 3. The third kappa shape index (κ3) is 2.82. The first-order chi connectivity index (χ1) is 9.13. The predicted molar refractivity (Wildman–Crippen MR) is 66.3 cm³/mol. The van der Waals surface area contributed by atoms with Gasteiger partial charge in [-0.1, -0.05) is 0 Å². The Morgan fingerprint density at radius 1 is 1.37 bits per heavy atom. The standard InChI is InChI=1S/C12H13N3O4/c1-18-7-3-4-8(9(5-7)19-2)12-13-10(14-15-12)6-11(16)17/h3-5H,6H2,1-2H3,(H,16,17)(H,13,14,15). The van der Waals surface area contributed by atoms with Gasteiger partial charge in [-0.2, -0.15) is 5.10 Å². The number of nitrogens with zero attached hydrogens (tertiary/aromatic N) is 2. The van der Waals surface area contributed by atoms with Gasteiger partial charge in [0, 0.05) is 6.07 Å². The lowest BCUT2D eigenvalue weighted by Gasteiger charge is -2.07. The van der Waals surface area contributed by atoms with E-state index in [9.17, 15) is 4.79 Å². The van der Waals surface area contributed by atoms with Gasteiger partial charge in [-0.05, 0) is 12.1 Å². The van der Waals surface area contributed by atoms with Crippen LogP contribution in [0.1, 0.15) is 5.82 Å². The van der Waals surface area contributed by atoms with E-state index in [0.717, 1.165) is 0 Å². The summed E-state index contributed by atoms with van der Waals surface area (Å²) < 4.78 is 10.3. The average molecular weight is 263 g/mol. The van der Waals surface area contributed by atoms with E-state index in [-0.39, 0.29) is 6.42 Å². The molecule has 0 aliphatic rings. The molecule has 2 N–H and O–H groups in total. The first-order valence-electron chi connectivity index (χ1n) is 5.49. The second-order valence-corrected chi connectivity index (χ2v) is 3.74. The molecule has 1 aromatic heterocycles. The Hall–Kier alpha value is -2.57. The lowest BCUT2D eigenvalue weighted by molar-refractivity contribution is -0.136. The predicted octanol–water partition coefficient (Wildman–Crippen LogP) is 1.12. The van der Waals surface area contributed by atoms with Crippen LogP contribution in [0.4, 0.5) is 0 Å². The molecule has 0 saturated carbocycles. The Kier molecular flexibility index (Phi) is 3.65. The molecule has 0 unspecified atom stereocenters. The number of hydrogen-bond acceptors (Lipinski definition) is 5. The van der Waals surface area contributed by atoms with Crippen molar-refractivity contribution < 1.29 is 19.4 Å². The fraction of sp³-hybridized carbons (Fsp3) is 0.250. The molecule has 0 fully saturated rings. The zero-order valence-corrected chi connectivity index (χ0v) is 10.5. The van der Waals surface area contributed by atoms with Gasteiger partial charge < -0.3 is 14.6 Å². The van der Waals surface area contributed by atoms with Gasteiger partial charge in [0.25, 0.3) is 0 Å². The number of aromatic amines is 1. The maximum Gasteiger partial charge on any atom is 0.311 e. The molecule has 0 radical (unpaired) electrons. The molecule has 7 heteroatoms. The zero-order valence-electron chi connectivity index (χ0n) is 10.5. The number of H-pyrrole nitrogens is 1. The molecule has 7 nitrogen and oxygen atoms in total. The highest BCUT2D eigenvalue weighted by molar-refractivity contribution is 5.70. The molecule has 2 rings (SSSR count). The lowest BCUT2D eigenvalue weighted by Crippen LogP contribution is -2.01. The summed E-state index contributed by atoms with van der Waals surface area (Å²) >= 11 is 0. The SMILES string of the molecule is COc1ccc(-c2n[nH]c(CC(=O)O)n2)c(OC)c1. The third-order valence-corrected chi connectivity index (χ3v) is 2.50. The van der Waals surface area contributed by atoms with Crippen LogP contribution in [0.2, 0.25) is 0 Å². The normalized spacial score (nSPS) is 10.2. The van der Waals surface area contributed by atoms with Crippen molar-refractivity contribution in [1.82, 2.24) is 15.2 Å². The summed E-state index contributed by atoms with van der Waals surface area (Å²) in [7, 11) is 3.09. The summed E-state index contributed by atoms with van der Waals surface area (Å²) in [5.74, 6) is 0.919. The number of aliphatic carboxylic acids is 1. The molecular formula is C12H13N3O4. The smallest absolute Gasteiger partial charge is 0.311 e. The van der Waals surface area contributed by atoms with Gasteiger partial charge in [-0.25, -0.2) is 4.98 Å². The van der Waals surface area contributed by atoms with E-state index < -0.39 is 5.97 Å². The Morgan fingerprint density at radius 2 is 2.16 bits per heavy atom. The second-order valence-electron chi connectivity index (χ2n) is 3.74. The van der Waals surface area contributed by atoms with Crippen LogP contribution in [-0.2, 0) is 11.2 Å². The van der Waals surface area contributed by atoms with Gasteiger partial charge in [0.1, 0.15) is 23.7 Å². The highest BCUT2D eigenvalue weighted by Gasteiger charge is 2.13. The number of benzene rings is 1. The highest BCUT2D eigenvalue weighted by Crippen LogP contribution is 2.31. The Balaban J connectivity index is 2.35. The van der Waals surface area contributed by atoms with Crippen molar-refractivity contribution >= 4 is 5.97 Å². The molecule has 100 valence electrons. The number of nitrogens with one attached hydrogen (secondary N) is 1. The van der Waals surface area contributed by atoms with Crippen molar-refractivity contribution in [3.8, 4) is 22.9 Å². The van der Waals surface area contributed by atoms with Gasteiger partial charge in [-0.3, -0.25) is 9.89 Å². The molecule has 19 heavy (non-hydrogen) atoms. The van der Waals surface area contributed by atoms with Gasteiger partial charge in [0.2, 0.25) is 0 Å². The fourth-order valence-corrected chi connectivity index (χ4v) is 1.62. The summed E-state index contributed by atoms with van der Waals surface area (Å²) in [6, 6.07) is 5.22. The van der Waals surface area contributed by atoms with E-state index >= 15 is 0 Å².